The number of rotatable bonds is 5. The zero-order valence-corrected chi connectivity index (χ0v) is 13.3. The van der Waals surface area contributed by atoms with Crippen LogP contribution in [0.5, 0.6) is 0 Å². The lowest BCUT2D eigenvalue weighted by molar-refractivity contribution is 0.886. The number of hydrogen-bond donors (Lipinski definition) is 0. The van der Waals surface area contributed by atoms with Crippen molar-refractivity contribution in [3.05, 3.63) is 58.7 Å². The second kappa shape index (κ2) is 6.74. The first kappa shape index (κ1) is 14.8. The minimum absolute atomic E-state index is 1.17. The topological polar surface area (TPSA) is 0 Å². The fourth-order valence-electron chi connectivity index (χ4n) is 3.06. The van der Waals surface area contributed by atoms with E-state index in [0.717, 1.165) is 0 Å². The summed E-state index contributed by atoms with van der Waals surface area (Å²) in [6.07, 6.45) is 4.78. The highest BCUT2D eigenvalue weighted by Gasteiger charge is 2.13. The largest absolute Gasteiger partial charge is 0.0651 e. The molecule has 0 heteroatoms. The SMILES string of the molecule is CCCc1cc(CCC)c(-c2ccccc2)c(C)c1C. The molecule has 0 aliphatic rings. The zero-order chi connectivity index (χ0) is 14.5. The third kappa shape index (κ3) is 2.95. The highest BCUT2D eigenvalue weighted by molar-refractivity contribution is 5.73. The maximum atomic E-state index is 2.46. The Morgan fingerprint density at radius 3 is 1.95 bits per heavy atom. The Balaban J connectivity index is 2.63. The third-order valence-corrected chi connectivity index (χ3v) is 4.19. The Kier molecular flexibility index (Phi) is 5.00. The molecule has 20 heavy (non-hydrogen) atoms. The molecule has 2 rings (SSSR count). The van der Waals surface area contributed by atoms with Gasteiger partial charge in [-0.15, -0.1) is 0 Å². The average molecular weight is 266 g/mol. The van der Waals surface area contributed by atoms with Gasteiger partial charge >= 0.3 is 0 Å². The van der Waals surface area contributed by atoms with Crippen molar-refractivity contribution in [1.82, 2.24) is 0 Å². The molecule has 0 saturated heterocycles. The van der Waals surface area contributed by atoms with Crippen LogP contribution in [0.15, 0.2) is 36.4 Å². The van der Waals surface area contributed by atoms with Crippen molar-refractivity contribution in [2.75, 3.05) is 0 Å². The molecule has 0 saturated carbocycles. The van der Waals surface area contributed by atoms with Gasteiger partial charge in [0, 0.05) is 0 Å². The van der Waals surface area contributed by atoms with Crippen molar-refractivity contribution in [1.29, 1.82) is 0 Å². The Hall–Kier alpha value is -1.56. The molecule has 0 unspecified atom stereocenters. The lowest BCUT2D eigenvalue weighted by Crippen LogP contribution is -2.01. The van der Waals surface area contributed by atoms with Crippen molar-refractivity contribution >= 4 is 0 Å². The monoisotopic (exact) mass is 266 g/mol. The Labute approximate surface area is 123 Å². The van der Waals surface area contributed by atoms with E-state index in [1.165, 1.54) is 59.1 Å². The van der Waals surface area contributed by atoms with E-state index in [1.807, 2.05) is 0 Å². The van der Waals surface area contributed by atoms with Crippen molar-refractivity contribution < 1.29 is 0 Å². The van der Waals surface area contributed by atoms with Crippen molar-refractivity contribution in [3.8, 4) is 11.1 Å². The number of hydrogen-bond acceptors (Lipinski definition) is 0. The van der Waals surface area contributed by atoms with E-state index in [-0.39, 0.29) is 0 Å². The van der Waals surface area contributed by atoms with Crippen molar-refractivity contribution in [3.63, 3.8) is 0 Å². The summed E-state index contributed by atoms with van der Waals surface area (Å²) in [5.74, 6) is 0. The standard InChI is InChI=1S/C20H26/c1-5-10-18-14-19(11-6-2)20(16(4)15(18)3)17-12-8-7-9-13-17/h7-9,12-14H,5-6,10-11H2,1-4H3. The fraction of sp³-hybridized carbons (Fsp3) is 0.400. The van der Waals surface area contributed by atoms with E-state index in [9.17, 15) is 0 Å². The predicted octanol–water partition coefficient (Wildman–Crippen LogP) is 5.88. The fourth-order valence-corrected chi connectivity index (χ4v) is 3.06. The van der Waals surface area contributed by atoms with Crippen molar-refractivity contribution in [2.24, 2.45) is 0 Å². The maximum Gasteiger partial charge on any atom is -0.0120 e. The van der Waals surface area contributed by atoms with Crippen LogP contribution in [0.1, 0.15) is 48.9 Å². The Morgan fingerprint density at radius 2 is 1.35 bits per heavy atom. The predicted molar refractivity (Wildman–Crippen MR) is 89.3 cm³/mol. The molecule has 0 bridgehead atoms. The van der Waals surface area contributed by atoms with Crippen LogP contribution < -0.4 is 0 Å². The van der Waals surface area contributed by atoms with Crippen LogP contribution in [0.2, 0.25) is 0 Å². The number of benzene rings is 2. The summed E-state index contributed by atoms with van der Waals surface area (Å²) in [6, 6.07) is 13.3. The van der Waals surface area contributed by atoms with Crippen molar-refractivity contribution in [2.45, 2.75) is 53.4 Å². The molecular formula is C20H26. The average Bonchev–Trinajstić information content (AvgIpc) is 2.46. The summed E-state index contributed by atoms with van der Waals surface area (Å²) in [5, 5.41) is 0. The molecule has 0 radical (unpaired) electrons. The molecule has 0 spiro atoms. The van der Waals surface area contributed by atoms with Gasteiger partial charge in [-0.1, -0.05) is 63.1 Å². The highest BCUT2D eigenvalue weighted by Crippen LogP contribution is 2.33. The summed E-state index contributed by atoms with van der Waals surface area (Å²) in [4.78, 5) is 0. The van der Waals surface area contributed by atoms with Gasteiger partial charge in [-0.25, -0.2) is 0 Å². The smallest absolute Gasteiger partial charge is 0.0120 e. The van der Waals surface area contributed by atoms with E-state index in [1.54, 1.807) is 0 Å². The first-order valence-electron chi connectivity index (χ1n) is 7.86. The summed E-state index contributed by atoms with van der Waals surface area (Å²) in [6.45, 7) is 9.10. The molecule has 0 aromatic heterocycles. The summed E-state index contributed by atoms with van der Waals surface area (Å²) in [5.41, 5.74) is 8.82. The van der Waals surface area contributed by atoms with Gasteiger partial charge in [0.1, 0.15) is 0 Å². The van der Waals surface area contributed by atoms with Gasteiger partial charge in [-0.05, 0) is 60.1 Å². The van der Waals surface area contributed by atoms with Gasteiger partial charge in [0.05, 0.1) is 0 Å². The molecule has 2 aromatic rings. The van der Waals surface area contributed by atoms with E-state index in [0.29, 0.717) is 0 Å². The second-order valence-electron chi connectivity index (χ2n) is 5.69. The molecular weight excluding hydrogens is 240 g/mol. The highest BCUT2D eigenvalue weighted by atomic mass is 14.2. The molecule has 2 aromatic carbocycles. The van der Waals surface area contributed by atoms with E-state index >= 15 is 0 Å². The van der Waals surface area contributed by atoms with Gasteiger partial charge in [-0.2, -0.15) is 0 Å². The quantitative estimate of drug-likeness (QED) is 0.634. The van der Waals surface area contributed by atoms with Crippen LogP contribution >= 0.6 is 0 Å². The molecule has 0 fully saturated rings. The Morgan fingerprint density at radius 1 is 0.750 bits per heavy atom. The van der Waals surface area contributed by atoms with Gasteiger partial charge in [0.2, 0.25) is 0 Å². The first-order valence-corrected chi connectivity index (χ1v) is 7.86. The normalized spacial score (nSPS) is 10.8. The third-order valence-electron chi connectivity index (χ3n) is 4.19. The lowest BCUT2D eigenvalue weighted by Gasteiger charge is -2.19. The van der Waals surface area contributed by atoms with Gasteiger partial charge < -0.3 is 0 Å². The summed E-state index contributed by atoms with van der Waals surface area (Å²) < 4.78 is 0. The molecule has 0 amide bonds. The van der Waals surface area contributed by atoms with Crippen LogP contribution in [0, 0.1) is 13.8 Å². The first-order chi connectivity index (χ1) is 9.69. The molecule has 0 aliphatic heterocycles. The molecule has 0 atom stereocenters. The second-order valence-corrected chi connectivity index (χ2v) is 5.69. The summed E-state index contributed by atoms with van der Waals surface area (Å²) >= 11 is 0. The van der Waals surface area contributed by atoms with Gasteiger partial charge in [0.25, 0.3) is 0 Å². The number of aryl methyl sites for hydroxylation is 2. The molecule has 0 nitrogen and oxygen atoms in total. The molecule has 106 valence electrons. The van der Waals surface area contributed by atoms with E-state index < -0.39 is 0 Å². The van der Waals surface area contributed by atoms with Crippen LogP contribution in [-0.2, 0) is 12.8 Å². The molecule has 0 aliphatic carbocycles. The lowest BCUT2D eigenvalue weighted by atomic mass is 9.86. The Bertz CT molecular complexity index is 564. The van der Waals surface area contributed by atoms with Gasteiger partial charge in [-0.3, -0.25) is 0 Å². The van der Waals surface area contributed by atoms with Crippen LogP contribution in [0.4, 0.5) is 0 Å². The van der Waals surface area contributed by atoms with Crippen LogP contribution in [0.25, 0.3) is 11.1 Å². The van der Waals surface area contributed by atoms with E-state index in [2.05, 4.69) is 64.1 Å². The maximum absolute atomic E-state index is 2.46. The van der Waals surface area contributed by atoms with Crippen LogP contribution in [-0.4, -0.2) is 0 Å². The minimum Gasteiger partial charge on any atom is -0.0651 e. The summed E-state index contributed by atoms with van der Waals surface area (Å²) in [7, 11) is 0. The zero-order valence-electron chi connectivity index (χ0n) is 13.3. The van der Waals surface area contributed by atoms with Gasteiger partial charge in [0.15, 0.2) is 0 Å². The molecule has 0 heterocycles. The van der Waals surface area contributed by atoms with Crippen LogP contribution in [0.3, 0.4) is 0 Å². The molecule has 0 N–H and O–H groups in total. The minimum atomic E-state index is 1.17. The van der Waals surface area contributed by atoms with E-state index in [4.69, 9.17) is 0 Å².